The molecule has 1 N–H and O–H groups in total. The van der Waals surface area contributed by atoms with E-state index in [1.54, 1.807) is 0 Å². The Labute approximate surface area is 296 Å². The van der Waals surface area contributed by atoms with Crippen molar-refractivity contribution in [1.82, 2.24) is 0 Å². The molecule has 7 nitrogen and oxygen atoms in total. The Balaban J connectivity index is 1.25. The van der Waals surface area contributed by atoms with E-state index < -0.39 is 17.9 Å². The van der Waals surface area contributed by atoms with E-state index >= 15 is 0 Å². The third-order valence-corrected chi connectivity index (χ3v) is 11.0. The second kappa shape index (κ2) is 18.1. The predicted molar refractivity (Wildman–Crippen MR) is 195 cm³/mol. The van der Waals surface area contributed by atoms with Gasteiger partial charge in [0.1, 0.15) is 23.7 Å². The highest BCUT2D eigenvalue weighted by molar-refractivity contribution is 5.68. The molecular formula is C42H64O7. The predicted octanol–water partition coefficient (Wildman–Crippen LogP) is 10.4. The fourth-order valence-corrected chi connectivity index (χ4v) is 7.36. The van der Waals surface area contributed by atoms with Crippen molar-refractivity contribution in [3.8, 4) is 11.5 Å². The first-order chi connectivity index (χ1) is 23.3. The van der Waals surface area contributed by atoms with E-state index in [1.165, 1.54) is 51.4 Å². The Kier molecular flexibility index (Phi) is 14.4. The van der Waals surface area contributed by atoms with Gasteiger partial charge in [0.25, 0.3) is 0 Å². The van der Waals surface area contributed by atoms with Crippen LogP contribution in [0, 0.1) is 43.9 Å². The number of hydrogen-bond acceptors (Lipinski definition) is 7. The van der Waals surface area contributed by atoms with Crippen LogP contribution in [0.4, 0.5) is 4.79 Å². The van der Waals surface area contributed by atoms with Crippen molar-refractivity contribution in [2.45, 2.75) is 138 Å². The SMILES string of the molecule is Cc1c(C)c2c(c(C)c1OC(=O)OCC1(CO)COC(c3ccccc3)OC1)CCC(C)(CCCC(C)CCCC(C)CCCC(C)C)O2. The van der Waals surface area contributed by atoms with Crippen LogP contribution in [0.25, 0.3) is 0 Å². The zero-order chi connectivity index (χ0) is 35.6. The van der Waals surface area contributed by atoms with Crippen molar-refractivity contribution in [2.75, 3.05) is 26.4 Å². The molecule has 0 aromatic heterocycles. The third-order valence-electron chi connectivity index (χ3n) is 11.0. The first kappa shape index (κ1) is 39.2. The summed E-state index contributed by atoms with van der Waals surface area (Å²) in [6.45, 7) is 17.8. The normalized spacial score (nSPS) is 23.4. The summed E-state index contributed by atoms with van der Waals surface area (Å²) in [4.78, 5) is 13.0. The highest BCUT2D eigenvalue weighted by atomic mass is 16.7. The molecule has 1 saturated heterocycles. The Morgan fingerprint density at radius 1 is 0.878 bits per heavy atom. The van der Waals surface area contributed by atoms with Gasteiger partial charge in [0.15, 0.2) is 6.29 Å². The van der Waals surface area contributed by atoms with Crippen molar-refractivity contribution >= 4 is 6.16 Å². The van der Waals surface area contributed by atoms with Gasteiger partial charge in [-0.3, -0.25) is 0 Å². The van der Waals surface area contributed by atoms with Gasteiger partial charge in [-0.1, -0.05) is 103 Å². The van der Waals surface area contributed by atoms with E-state index in [4.69, 9.17) is 23.7 Å². The number of benzene rings is 2. The fraction of sp³-hybridized carbons (Fsp3) is 0.690. The molecule has 7 heteroatoms. The number of hydrogen-bond donors (Lipinski definition) is 1. The van der Waals surface area contributed by atoms with Crippen LogP contribution in [0.1, 0.15) is 133 Å². The molecule has 0 radical (unpaired) electrons. The Morgan fingerprint density at radius 3 is 2.10 bits per heavy atom. The summed E-state index contributed by atoms with van der Waals surface area (Å²) in [5.41, 5.74) is 3.73. The molecule has 1 fully saturated rings. The lowest BCUT2D eigenvalue weighted by atomic mass is 9.83. The second-order valence-corrected chi connectivity index (χ2v) is 16.1. The molecule has 4 rings (SSSR count). The maximum atomic E-state index is 13.0. The first-order valence-electron chi connectivity index (χ1n) is 18.9. The molecule has 49 heavy (non-hydrogen) atoms. The van der Waals surface area contributed by atoms with Gasteiger partial charge < -0.3 is 28.8 Å². The Morgan fingerprint density at radius 2 is 1.49 bits per heavy atom. The zero-order valence-electron chi connectivity index (χ0n) is 31.7. The summed E-state index contributed by atoms with van der Waals surface area (Å²) >= 11 is 0. The summed E-state index contributed by atoms with van der Waals surface area (Å²) in [6.07, 6.45) is 12.0. The molecule has 0 spiro atoms. The largest absolute Gasteiger partial charge is 0.513 e. The highest BCUT2D eigenvalue weighted by Crippen LogP contribution is 2.45. The van der Waals surface area contributed by atoms with E-state index in [-0.39, 0.29) is 32.0 Å². The summed E-state index contributed by atoms with van der Waals surface area (Å²) in [5.74, 6) is 3.86. The highest BCUT2D eigenvalue weighted by Gasteiger charge is 2.39. The van der Waals surface area contributed by atoms with Gasteiger partial charge >= 0.3 is 6.16 Å². The number of ether oxygens (including phenoxy) is 5. The molecule has 2 aromatic carbocycles. The van der Waals surface area contributed by atoms with Crippen molar-refractivity contribution in [1.29, 1.82) is 0 Å². The number of fused-ring (bicyclic) bond motifs is 1. The second-order valence-electron chi connectivity index (χ2n) is 16.1. The standard InChI is InChI=1S/C42H64O7/c1-29(2)15-12-16-30(3)17-13-18-31(4)19-14-23-41(8)24-22-36-34(7)37(32(5)33(6)38(36)49-41)48-40(44)47-28-42(25-43)26-45-39(46-27-42)35-20-10-9-11-21-35/h9-11,20-21,29-31,39,43H,12-19,22-28H2,1-8H3. The van der Waals surface area contributed by atoms with Crippen LogP contribution in [-0.2, 0) is 20.6 Å². The van der Waals surface area contributed by atoms with Gasteiger partial charge in [0.05, 0.1) is 25.2 Å². The lowest BCUT2D eigenvalue weighted by Crippen LogP contribution is -2.45. The van der Waals surface area contributed by atoms with Crippen molar-refractivity contribution in [3.05, 3.63) is 58.1 Å². The van der Waals surface area contributed by atoms with Crippen LogP contribution in [-0.4, -0.2) is 43.3 Å². The van der Waals surface area contributed by atoms with Crippen molar-refractivity contribution < 1.29 is 33.6 Å². The number of aliphatic hydroxyl groups excluding tert-OH is 1. The monoisotopic (exact) mass is 680 g/mol. The molecule has 2 heterocycles. The minimum Gasteiger partial charge on any atom is -0.487 e. The molecule has 2 aliphatic rings. The van der Waals surface area contributed by atoms with Crippen LogP contribution in [0.3, 0.4) is 0 Å². The van der Waals surface area contributed by atoms with E-state index in [1.807, 2.05) is 51.1 Å². The molecule has 0 saturated carbocycles. The average molecular weight is 681 g/mol. The molecule has 0 aliphatic carbocycles. The van der Waals surface area contributed by atoms with Crippen LogP contribution < -0.4 is 9.47 Å². The molecule has 2 aromatic rings. The third kappa shape index (κ3) is 10.9. The van der Waals surface area contributed by atoms with Crippen LogP contribution >= 0.6 is 0 Å². The van der Waals surface area contributed by atoms with E-state index in [0.29, 0.717) is 5.75 Å². The molecule has 3 atom stereocenters. The number of carbonyl (C=O) groups excluding carboxylic acids is 1. The van der Waals surface area contributed by atoms with E-state index in [9.17, 15) is 9.90 Å². The Hall–Kier alpha value is -2.61. The Bertz CT molecular complexity index is 1330. The summed E-state index contributed by atoms with van der Waals surface area (Å²) in [6, 6.07) is 9.64. The van der Waals surface area contributed by atoms with Crippen molar-refractivity contribution in [2.24, 2.45) is 23.2 Å². The molecular weight excluding hydrogens is 616 g/mol. The minimum atomic E-state index is -0.859. The van der Waals surface area contributed by atoms with Gasteiger partial charge in [-0.05, 0) is 87.8 Å². The average Bonchev–Trinajstić information content (AvgIpc) is 3.08. The van der Waals surface area contributed by atoms with E-state index in [2.05, 4.69) is 34.6 Å². The van der Waals surface area contributed by atoms with Crippen LogP contribution in [0.2, 0.25) is 0 Å². The number of aliphatic hydroxyl groups is 1. The maximum Gasteiger partial charge on any atom is 0.513 e. The van der Waals surface area contributed by atoms with E-state index in [0.717, 1.165) is 70.6 Å². The van der Waals surface area contributed by atoms with Gasteiger partial charge in [0, 0.05) is 11.1 Å². The number of carbonyl (C=O) groups is 1. The zero-order valence-corrected chi connectivity index (χ0v) is 31.7. The number of rotatable bonds is 17. The lowest BCUT2D eigenvalue weighted by molar-refractivity contribution is -0.248. The van der Waals surface area contributed by atoms with Crippen LogP contribution in [0.15, 0.2) is 30.3 Å². The summed E-state index contributed by atoms with van der Waals surface area (Å²) in [5, 5.41) is 10.2. The molecule has 274 valence electrons. The molecule has 0 bridgehead atoms. The molecule has 3 unspecified atom stereocenters. The lowest BCUT2D eigenvalue weighted by Gasteiger charge is -2.38. The van der Waals surface area contributed by atoms with Gasteiger partial charge in [-0.25, -0.2) is 4.79 Å². The van der Waals surface area contributed by atoms with Crippen molar-refractivity contribution in [3.63, 3.8) is 0 Å². The summed E-state index contributed by atoms with van der Waals surface area (Å²) < 4.78 is 30.0. The quantitative estimate of drug-likeness (QED) is 0.131. The smallest absolute Gasteiger partial charge is 0.487 e. The van der Waals surface area contributed by atoms with Gasteiger partial charge in [-0.15, -0.1) is 0 Å². The fourth-order valence-electron chi connectivity index (χ4n) is 7.36. The van der Waals surface area contributed by atoms with Crippen LogP contribution in [0.5, 0.6) is 11.5 Å². The van der Waals surface area contributed by atoms with Gasteiger partial charge in [-0.2, -0.15) is 0 Å². The van der Waals surface area contributed by atoms with Gasteiger partial charge in [0.2, 0.25) is 0 Å². The summed E-state index contributed by atoms with van der Waals surface area (Å²) in [7, 11) is 0. The minimum absolute atomic E-state index is 0.0799. The first-order valence-corrected chi connectivity index (χ1v) is 18.9. The molecule has 2 aliphatic heterocycles. The maximum absolute atomic E-state index is 13.0. The molecule has 0 amide bonds. The topological polar surface area (TPSA) is 83.5 Å².